The summed E-state index contributed by atoms with van der Waals surface area (Å²) in [6, 6.07) is 21.1. The average molecular weight is 524 g/mol. The van der Waals surface area contributed by atoms with Gasteiger partial charge < -0.3 is 5.32 Å². The summed E-state index contributed by atoms with van der Waals surface area (Å²) in [5.41, 5.74) is 1.57. The minimum Gasteiger partial charge on any atom is -0.322 e. The number of rotatable bonds is 8. The van der Waals surface area contributed by atoms with E-state index in [9.17, 15) is 21.6 Å². The van der Waals surface area contributed by atoms with Crippen molar-refractivity contribution in [2.75, 3.05) is 14.8 Å². The molecule has 0 aliphatic heterocycles. The second-order valence-corrected chi connectivity index (χ2v) is 11.0. The lowest BCUT2D eigenvalue weighted by Gasteiger charge is -2.10. The lowest BCUT2D eigenvalue weighted by atomic mass is 10.2. The molecule has 1 heterocycles. The molecule has 0 atom stereocenters. The van der Waals surface area contributed by atoms with Crippen LogP contribution in [0.15, 0.2) is 101 Å². The number of benzene rings is 3. The van der Waals surface area contributed by atoms with E-state index in [1.807, 2.05) is 0 Å². The Balaban J connectivity index is 1.40. The minimum atomic E-state index is -3.91. The molecule has 184 valence electrons. The van der Waals surface area contributed by atoms with Crippen molar-refractivity contribution in [2.24, 2.45) is 0 Å². The first-order chi connectivity index (χ1) is 17.1. The maximum absolute atomic E-state index is 12.6. The van der Waals surface area contributed by atoms with Crippen LogP contribution in [0.3, 0.4) is 0 Å². The monoisotopic (exact) mass is 523 g/mol. The molecule has 10 nitrogen and oxygen atoms in total. The fraction of sp³-hybridized carbons (Fsp3) is 0.0417. The van der Waals surface area contributed by atoms with Crippen molar-refractivity contribution in [1.29, 1.82) is 0 Å². The van der Waals surface area contributed by atoms with E-state index in [2.05, 4.69) is 24.7 Å². The summed E-state index contributed by atoms with van der Waals surface area (Å²) in [5, 5.41) is 2.67. The van der Waals surface area contributed by atoms with E-state index in [1.54, 1.807) is 31.2 Å². The average Bonchev–Trinajstić information content (AvgIpc) is 2.85. The van der Waals surface area contributed by atoms with Gasteiger partial charge in [0.1, 0.15) is 0 Å². The smallest absolute Gasteiger partial charge is 0.264 e. The zero-order valence-electron chi connectivity index (χ0n) is 18.9. The molecule has 12 heteroatoms. The fourth-order valence-electron chi connectivity index (χ4n) is 3.10. The molecule has 1 aromatic heterocycles. The largest absolute Gasteiger partial charge is 0.322 e. The van der Waals surface area contributed by atoms with Gasteiger partial charge in [-0.25, -0.2) is 31.5 Å². The lowest BCUT2D eigenvalue weighted by molar-refractivity contribution is 0.102. The SMILES string of the molecule is Cc1ccnc(NS(=O)(=O)c2ccc(NC(=O)c3ccc(NS(=O)(=O)c4ccccc4)cc3)cc2)n1. The molecule has 0 unspecified atom stereocenters. The van der Waals surface area contributed by atoms with Gasteiger partial charge in [-0.15, -0.1) is 0 Å². The Hall–Kier alpha value is -4.29. The number of aromatic nitrogens is 2. The van der Waals surface area contributed by atoms with Gasteiger partial charge in [-0.2, -0.15) is 0 Å². The standard InChI is InChI=1S/C24H21N5O5S2/c1-17-15-16-25-24(26-17)29-36(33,34)22-13-11-19(12-14-22)27-23(30)18-7-9-20(10-8-18)28-35(31,32)21-5-3-2-4-6-21/h2-16,28H,1H3,(H,27,30)(H,25,26,29). The van der Waals surface area contributed by atoms with Crippen molar-refractivity contribution in [2.45, 2.75) is 16.7 Å². The van der Waals surface area contributed by atoms with Crippen LogP contribution in [0.2, 0.25) is 0 Å². The third-order valence-electron chi connectivity index (χ3n) is 4.90. The maximum atomic E-state index is 12.6. The Morgan fingerprint density at radius 2 is 1.28 bits per heavy atom. The molecule has 0 spiro atoms. The van der Waals surface area contributed by atoms with Crippen LogP contribution < -0.4 is 14.8 Å². The highest BCUT2D eigenvalue weighted by atomic mass is 32.2. The normalized spacial score (nSPS) is 11.5. The molecule has 0 saturated carbocycles. The van der Waals surface area contributed by atoms with Crippen molar-refractivity contribution in [3.8, 4) is 0 Å². The summed E-state index contributed by atoms with van der Waals surface area (Å²) in [6.07, 6.45) is 1.45. The van der Waals surface area contributed by atoms with Gasteiger partial charge in [0.05, 0.1) is 9.79 Å². The van der Waals surface area contributed by atoms with Crippen LogP contribution in [0.5, 0.6) is 0 Å². The Bertz CT molecular complexity index is 1590. The van der Waals surface area contributed by atoms with Crippen LogP contribution in [-0.4, -0.2) is 32.7 Å². The predicted octanol–water partition coefficient (Wildman–Crippen LogP) is 3.64. The molecule has 4 aromatic rings. The van der Waals surface area contributed by atoms with E-state index in [0.717, 1.165) is 0 Å². The molecule has 0 fully saturated rings. The number of anilines is 3. The molecule has 0 aliphatic rings. The van der Waals surface area contributed by atoms with E-state index in [4.69, 9.17) is 0 Å². The molecule has 3 aromatic carbocycles. The number of hydrogen-bond donors (Lipinski definition) is 3. The summed E-state index contributed by atoms with van der Waals surface area (Å²) in [5.74, 6) is -0.490. The van der Waals surface area contributed by atoms with Crippen molar-refractivity contribution < 1.29 is 21.6 Å². The van der Waals surface area contributed by atoms with E-state index in [0.29, 0.717) is 17.1 Å². The molecule has 0 aliphatic carbocycles. The Kier molecular flexibility index (Phi) is 6.99. The molecule has 1 amide bonds. The molecule has 3 N–H and O–H groups in total. The summed E-state index contributed by atoms with van der Waals surface area (Å²) in [4.78, 5) is 20.6. The van der Waals surface area contributed by atoms with Gasteiger partial charge in [0.25, 0.3) is 26.0 Å². The van der Waals surface area contributed by atoms with Crippen molar-refractivity contribution >= 4 is 43.3 Å². The van der Waals surface area contributed by atoms with Crippen molar-refractivity contribution in [1.82, 2.24) is 9.97 Å². The van der Waals surface area contributed by atoms with Gasteiger partial charge in [0.15, 0.2) is 0 Å². The Labute approximate surface area is 208 Å². The van der Waals surface area contributed by atoms with Crippen LogP contribution in [0.4, 0.5) is 17.3 Å². The zero-order chi connectivity index (χ0) is 25.8. The molecular weight excluding hydrogens is 502 g/mol. The van der Waals surface area contributed by atoms with Gasteiger partial charge in [-0.05, 0) is 73.7 Å². The van der Waals surface area contributed by atoms with E-state index < -0.39 is 26.0 Å². The molecule has 36 heavy (non-hydrogen) atoms. The Morgan fingerprint density at radius 1 is 0.694 bits per heavy atom. The van der Waals surface area contributed by atoms with Gasteiger partial charge >= 0.3 is 0 Å². The topological polar surface area (TPSA) is 147 Å². The molecule has 4 rings (SSSR count). The summed E-state index contributed by atoms with van der Waals surface area (Å²) < 4.78 is 54.8. The third kappa shape index (κ3) is 6.03. The van der Waals surface area contributed by atoms with E-state index in [-0.39, 0.29) is 21.3 Å². The molecule has 0 bridgehead atoms. The molecular formula is C24H21N5O5S2. The van der Waals surface area contributed by atoms with Crippen LogP contribution >= 0.6 is 0 Å². The maximum Gasteiger partial charge on any atom is 0.264 e. The summed E-state index contributed by atoms with van der Waals surface area (Å²) >= 11 is 0. The number of aryl methyl sites for hydroxylation is 1. The first kappa shape index (κ1) is 24.8. The number of carbonyl (C=O) groups is 1. The third-order valence-corrected chi connectivity index (χ3v) is 7.64. The number of carbonyl (C=O) groups excluding carboxylic acids is 1. The highest BCUT2D eigenvalue weighted by Crippen LogP contribution is 2.19. The summed E-state index contributed by atoms with van der Waals surface area (Å²) in [6.45, 7) is 1.72. The second kappa shape index (κ2) is 10.1. The van der Waals surface area contributed by atoms with Gasteiger partial charge in [-0.1, -0.05) is 18.2 Å². The van der Waals surface area contributed by atoms with E-state index >= 15 is 0 Å². The van der Waals surface area contributed by atoms with Gasteiger partial charge in [0, 0.05) is 28.8 Å². The number of amides is 1. The number of nitrogens with zero attached hydrogens (tertiary/aromatic N) is 2. The fourth-order valence-corrected chi connectivity index (χ4v) is 5.13. The number of nitrogens with one attached hydrogen (secondary N) is 3. The van der Waals surface area contributed by atoms with Gasteiger partial charge in [-0.3, -0.25) is 9.52 Å². The van der Waals surface area contributed by atoms with Crippen LogP contribution in [0.1, 0.15) is 16.1 Å². The van der Waals surface area contributed by atoms with Crippen molar-refractivity contribution in [3.05, 3.63) is 102 Å². The molecule has 0 saturated heterocycles. The van der Waals surface area contributed by atoms with E-state index in [1.165, 1.54) is 66.9 Å². The van der Waals surface area contributed by atoms with Crippen molar-refractivity contribution in [3.63, 3.8) is 0 Å². The first-order valence-corrected chi connectivity index (χ1v) is 13.5. The lowest BCUT2D eigenvalue weighted by Crippen LogP contribution is -2.16. The number of hydrogen-bond acceptors (Lipinski definition) is 7. The first-order valence-electron chi connectivity index (χ1n) is 10.5. The second-order valence-electron chi connectivity index (χ2n) is 7.60. The molecule has 0 radical (unpaired) electrons. The Morgan fingerprint density at radius 3 is 1.92 bits per heavy atom. The highest BCUT2D eigenvalue weighted by molar-refractivity contribution is 7.93. The van der Waals surface area contributed by atoms with Crippen LogP contribution in [0.25, 0.3) is 0 Å². The predicted molar refractivity (Wildman–Crippen MR) is 136 cm³/mol. The summed E-state index contributed by atoms with van der Waals surface area (Å²) in [7, 11) is -7.66. The zero-order valence-corrected chi connectivity index (χ0v) is 20.5. The van der Waals surface area contributed by atoms with Gasteiger partial charge in [0.2, 0.25) is 5.95 Å². The highest BCUT2D eigenvalue weighted by Gasteiger charge is 2.17. The quantitative estimate of drug-likeness (QED) is 0.319. The number of sulfonamides is 2. The van der Waals surface area contributed by atoms with Crippen LogP contribution in [0, 0.1) is 6.92 Å². The minimum absolute atomic E-state index is 0.0272. The van der Waals surface area contributed by atoms with Crippen LogP contribution in [-0.2, 0) is 20.0 Å².